The lowest BCUT2D eigenvalue weighted by Crippen LogP contribution is -2.14. The molecule has 6 heteroatoms. The van der Waals surface area contributed by atoms with E-state index in [0.717, 1.165) is 30.6 Å². The summed E-state index contributed by atoms with van der Waals surface area (Å²) in [5.74, 6) is 1.25. The molecule has 0 aliphatic heterocycles. The molecule has 0 spiro atoms. The third-order valence-corrected chi connectivity index (χ3v) is 3.95. The molecule has 0 saturated carbocycles. The van der Waals surface area contributed by atoms with Gasteiger partial charge in [0, 0.05) is 11.6 Å². The molecule has 0 unspecified atom stereocenters. The molecule has 1 N–H and O–H groups in total. The van der Waals surface area contributed by atoms with Crippen LogP contribution in [0.2, 0.25) is 10.0 Å². The largest absolute Gasteiger partial charge is 0.490 e. The minimum Gasteiger partial charge on any atom is -0.490 e. The molecule has 2 aromatic carbocycles. The summed E-state index contributed by atoms with van der Waals surface area (Å²) in [4.78, 5) is 0. The first-order valence-corrected chi connectivity index (χ1v) is 8.92. The fraction of sp³-hybridized carbons (Fsp3) is 0.368. The van der Waals surface area contributed by atoms with Crippen LogP contribution >= 0.6 is 35.6 Å². The normalized spacial score (nSPS) is 10.2. The standard InChI is InChI=1S/C19H23Cl2NO2.ClH/c1-3-9-22-12-15-10-17(21)19(18(11-15)23-4-2)24-13-14-5-7-16(20)8-6-14;/h5-8,10-11,22H,3-4,9,12-13H2,1-2H3;1H. The van der Waals surface area contributed by atoms with E-state index in [1.165, 1.54) is 0 Å². The van der Waals surface area contributed by atoms with E-state index in [0.29, 0.717) is 34.8 Å². The van der Waals surface area contributed by atoms with Gasteiger partial charge in [0.15, 0.2) is 11.5 Å². The number of hydrogen-bond acceptors (Lipinski definition) is 3. The zero-order valence-electron chi connectivity index (χ0n) is 14.5. The fourth-order valence-electron chi connectivity index (χ4n) is 2.27. The van der Waals surface area contributed by atoms with Gasteiger partial charge in [-0.1, -0.05) is 42.3 Å². The minimum absolute atomic E-state index is 0. The topological polar surface area (TPSA) is 30.5 Å². The predicted octanol–water partition coefficient (Wildman–Crippen LogP) is 5.89. The van der Waals surface area contributed by atoms with Crippen molar-refractivity contribution in [3.63, 3.8) is 0 Å². The Kier molecular flexibility index (Phi) is 10.1. The summed E-state index contributed by atoms with van der Waals surface area (Å²) in [5.41, 5.74) is 2.10. The molecule has 3 nitrogen and oxygen atoms in total. The van der Waals surface area contributed by atoms with Crippen LogP contribution in [-0.4, -0.2) is 13.2 Å². The molecule has 0 heterocycles. The molecule has 0 bridgehead atoms. The Morgan fingerprint density at radius 3 is 2.32 bits per heavy atom. The zero-order chi connectivity index (χ0) is 17.4. The van der Waals surface area contributed by atoms with Crippen molar-refractivity contribution in [2.45, 2.75) is 33.4 Å². The van der Waals surface area contributed by atoms with Crippen molar-refractivity contribution in [2.24, 2.45) is 0 Å². The molecule has 2 rings (SSSR count). The van der Waals surface area contributed by atoms with Gasteiger partial charge in [-0.3, -0.25) is 0 Å². The molecule has 138 valence electrons. The number of halogens is 3. The maximum absolute atomic E-state index is 6.42. The van der Waals surface area contributed by atoms with Gasteiger partial charge in [0.1, 0.15) is 6.61 Å². The summed E-state index contributed by atoms with van der Waals surface area (Å²) >= 11 is 12.3. The second-order valence-corrected chi connectivity index (χ2v) is 6.27. The van der Waals surface area contributed by atoms with E-state index in [-0.39, 0.29) is 12.4 Å². The molecule has 25 heavy (non-hydrogen) atoms. The van der Waals surface area contributed by atoms with Crippen molar-refractivity contribution in [3.05, 3.63) is 57.6 Å². The molecule has 0 atom stereocenters. The molecule has 0 aromatic heterocycles. The van der Waals surface area contributed by atoms with E-state index < -0.39 is 0 Å². The van der Waals surface area contributed by atoms with Crippen LogP contribution in [-0.2, 0) is 13.2 Å². The molecular formula is C19H24Cl3NO2. The monoisotopic (exact) mass is 403 g/mol. The highest BCUT2D eigenvalue weighted by Crippen LogP contribution is 2.37. The zero-order valence-corrected chi connectivity index (χ0v) is 16.8. The fourth-order valence-corrected chi connectivity index (χ4v) is 2.69. The average Bonchev–Trinajstić information content (AvgIpc) is 2.56. The van der Waals surface area contributed by atoms with Crippen LogP contribution in [0.15, 0.2) is 36.4 Å². The van der Waals surface area contributed by atoms with Crippen molar-refractivity contribution >= 4 is 35.6 Å². The van der Waals surface area contributed by atoms with Gasteiger partial charge in [-0.25, -0.2) is 0 Å². The van der Waals surface area contributed by atoms with Crippen LogP contribution in [0, 0.1) is 0 Å². The van der Waals surface area contributed by atoms with Crippen LogP contribution in [0.25, 0.3) is 0 Å². The van der Waals surface area contributed by atoms with Crippen molar-refractivity contribution in [2.75, 3.05) is 13.2 Å². The number of rotatable bonds is 9. The second-order valence-electron chi connectivity index (χ2n) is 5.43. The summed E-state index contributed by atoms with van der Waals surface area (Å²) in [6, 6.07) is 11.4. The van der Waals surface area contributed by atoms with Crippen LogP contribution in [0.1, 0.15) is 31.4 Å². The van der Waals surface area contributed by atoms with Gasteiger partial charge >= 0.3 is 0 Å². The summed E-state index contributed by atoms with van der Waals surface area (Å²) in [6.07, 6.45) is 1.09. The highest BCUT2D eigenvalue weighted by Gasteiger charge is 2.13. The predicted molar refractivity (Wildman–Crippen MR) is 108 cm³/mol. The van der Waals surface area contributed by atoms with Crippen molar-refractivity contribution in [1.29, 1.82) is 0 Å². The lowest BCUT2D eigenvalue weighted by Gasteiger charge is -2.15. The maximum atomic E-state index is 6.42. The van der Waals surface area contributed by atoms with E-state index in [1.807, 2.05) is 43.3 Å². The van der Waals surface area contributed by atoms with E-state index >= 15 is 0 Å². The first kappa shape index (κ1) is 21.9. The Bertz CT molecular complexity index is 648. The smallest absolute Gasteiger partial charge is 0.180 e. The maximum Gasteiger partial charge on any atom is 0.180 e. The summed E-state index contributed by atoms with van der Waals surface area (Å²) in [7, 11) is 0. The van der Waals surface area contributed by atoms with Gasteiger partial charge in [0.2, 0.25) is 0 Å². The Morgan fingerprint density at radius 1 is 0.960 bits per heavy atom. The molecule has 2 aromatic rings. The number of nitrogens with one attached hydrogen (secondary N) is 1. The SMILES string of the molecule is CCCNCc1cc(Cl)c(OCc2ccc(Cl)cc2)c(OCC)c1.Cl. The Balaban J connectivity index is 0.00000312. The van der Waals surface area contributed by atoms with Gasteiger partial charge in [0.25, 0.3) is 0 Å². The van der Waals surface area contributed by atoms with Crippen molar-refractivity contribution in [1.82, 2.24) is 5.32 Å². The first-order valence-electron chi connectivity index (χ1n) is 8.17. The Labute approximate surface area is 166 Å². The van der Waals surface area contributed by atoms with Crippen LogP contribution in [0.3, 0.4) is 0 Å². The molecular weight excluding hydrogens is 381 g/mol. The Morgan fingerprint density at radius 2 is 1.68 bits per heavy atom. The summed E-state index contributed by atoms with van der Waals surface area (Å²) in [6.45, 7) is 6.77. The number of benzene rings is 2. The quantitative estimate of drug-likeness (QED) is 0.528. The summed E-state index contributed by atoms with van der Waals surface area (Å²) < 4.78 is 11.6. The van der Waals surface area contributed by atoms with Gasteiger partial charge in [-0.05, 0) is 55.3 Å². The van der Waals surface area contributed by atoms with Crippen molar-refractivity contribution < 1.29 is 9.47 Å². The highest BCUT2D eigenvalue weighted by molar-refractivity contribution is 6.32. The lowest BCUT2D eigenvalue weighted by atomic mass is 10.2. The lowest BCUT2D eigenvalue weighted by molar-refractivity contribution is 0.269. The number of hydrogen-bond donors (Lipinski definition) is 1. The molecule has 0 aliphatic carbocycles. The highest BCUT2D eigenvalue weighted by atomic mass is 35.5. The number of ether oxygens (including phenoxy) is 2. The van der Waals surface area contributed by atoms with Gasteiger partial charge in [-0.15, -0.1) is 12.4 Å². The van der Waals surface area contributed by atoms with Crippen molar-refractivity contribution in [3.8, 4) is 11.5 Å². The second kappa shape index (κ2) is 11.5. The third kappa shape index (κ3) is 6.95. The molecule has 0 aliphatic rings. The molecule has 0 amide bonds. The minimum atomic E-state index is 0. The van der Waals surface area contributed by atoms with E-state index in [2.05, 4.69) is 12.2 Å². The first-order chi connectivity index (χ1) is 11.6. The average molecular weight is 405 g/mol. The van der Waals surface area contributed by atoms with E-state index in [4.69, 9.17) is 32.7 Å². The molecule has 0 fully saturated rings. The molecule has 0 saturated heterocycles. The Hall–Kier alpha value is -1.13. The van der Waals surface area contributed by atoms with E-state index in [9.17, 15) is 0 Å². The molecule has 0 radical (unpaired) electrons. The van der Waals surface area contributed by atoms with Gasteiger partial charge in [0.05, 0.1) is 11.6 Å². The third-order valence-electron chi connectivity index (χ3n) is 3.42. The van der Waals surface area contributed by atoms with Gasteiger partial charge in [-0.2, -0.15) is 0 Å². The van der Waals surface area contributed by atoms with Crippen LogP contribution in [0.4, 0.5) is 0 Å². The summed E-state index contributed by atoms with van der Waals surface area (Å²) in [5, 5.41) is 4.63. The van der Waals surface area contributed by atoms with Gasteiger partial charge < -0.3 is 14.8 Å². The van der Waals surface area contributed by atoms with E-state index in [1.54, 1.807) is 0 Å². The van der Waals surface area contributed by atoms with Crippen LogP contribution in [0.5, 0.6) is 11.5 Å². The van der Waals surface area contributed by atoms with Crippen LogP contribution < -0.4 is 14.8 Å².